The van der Waals surface area contributed by atoms with Crippen LogP contribution in [0.15, 0.2) is 30.4 Å². The normalized spacial score (nSPS) is 10.3. The van der Waals surface area contributed by atoms with Gasteiger partial charge in [0.15, 0.2) is 11.5 Å². The maximum atomic E-state index is 5.49. The number of nitrogens with one attached hydrogen (secondary N) is 1. The molecule has 1 N–H and O–H groups in total. The summed E-state index contributed by atoms with van der Waals surface area (Å²) in [5.74, 6) is 1.55. The Kier molecular flexibility index (Phi) is 7.77. The van der Waals surface area contributed by atoms with Crippen LogP contribution >= 0.6 is 0 Å². The number of rotatable bonds is 10. The molecule has 0 saturated carbocycles. The molecule has 1 aromatic carbocycles. The van der Waals surface area contributed by atoms with E-state index in [0.29, 0.717) is 19.8 Å². The molecule has 4 nitrogen and oxygen atoms in total. The van der Waals surface area contributed by atoms with E-state index in [9.17, 15) is 0 Å². The Bertz CT molecular complexity index is 418. The summed E-state index contributed by atoms with van der Waals surface area (Å²) < 4.78 is 16.2. The summed E-state index contributed by atoms with van der Waals surface area (Å²) in [6.07, 6.45) is 0. The second-order valence-corrected chi connectivity index (χ2v) is 4.60. The average molecular weight is 279 g/mol. The van der Waals surface area contributed by atoms with Crippen molar-refractivity contribution in [2.45, 2.75) is 20.4 Å². The highest BCUT2D eigenvalue weighted by Crippen LogP contribution is 2.27. The van der Waals surface area contributed by atoms with Crippen LogP contribution in [-0.2, 0) is 11.3 Å². The molecule has 112 valence electrons. The Morgan fingerprint density at radius 1 is 1.30 bits per heavy atom. The summed E-state index contributed by atoms with van der Waals surface area (Å²) in [4.78, 5) is 0. The highest BCUT2D eigenvalue weighted by atomic mass is 16.5. The number of hydrogen-bond donors (Lipinski definition) is 1. The van der Waals surface area contributed by atoms with Crippen molar-refractivity contribution in [1.29, 1.82) is 0 Å². The van der Waals surface area contributed by atoms with Crippen molar-refractivity contribution in [3.63, 3.8) is 0 Å². The van der Waals surface area contributed by atoms with E-state index in [2.05, 4.69) is 11.9 Å². The maximum Gasteiger partial charge on any atom is 0.161 e. The molecule has 4 heteroatoms. The highest BCUT2D eigenvalue weighted by molar-refractivity contribution is 5.42. The van der Waals surface area contributed by atoms with E-state index >= 15 is 0 Å². The maximum absolute atomic E-state index is 5.49. The van der Waals surface area contributed by atoms with E-state index in [1.165, 1.54) is 0 Å². The molecule has 1 rings (SSSR count). The Hall–Kier alpha value is -1.52. The minimum Gasteiger partial charge on any atom is -0.493 e. The van der Waals surface area contributed by atoms with Gasteiger partial charge in [-0.05, 0) is 31.5 Å². The van der Waals surface area contributed by atoms with Gasteiger partial charge < -0.3 is 19.5 Å². The zero-order valence-corrected chi connectivity index (χ0v) is 12.7. The van der Waals surface area contributed by atoms with Crippen LogP contribution in [0.1, 0.15) is 19.4 Å². The lowest BCUT2D eigenvalue weighted by Gasteiger charge is -2.11. The predicted molar refractivity (Wildman–Crippen MR) is 81.5 cm³/mol. The topological polar surface area (TPSA) is 39.7 Å². The number of ether oxygens (including phenoxy) is 3. The molecule has 0 amide bonds. The first kappa shape index (κ1) is 16.5. The number of methoxy groups -OCH3 is 1. The molecular formula is C16H25NO3. The molecule has 0 aromatic heterocycles. The highest BCUT2D eigenvalue weighted by Gasteiger charge is 2.04. The van der Waals surface area contributed by atoms with Gasteiger partial charge >= 0.3 is 0 Å². The van der Waals surface area contributed by atoms with Gasteiger partial charge in [-0.2, -0.15) is 0 Å². The fourth-order valence-corrected chi connectivity index (χ4v) is 1.72. The van der Waals surface area contributed by atoms with Crippen molar-refractivity contribution in [2.75, 3.05) is 33.5 Å². The fraction of sp³-hybridized carbons (Fsp3) is 0.500. The summed E-state index contributed by atoms with van der Waals surface area (Å²) in [6, 6.07) is 5.97. The molecule has 1 aromatic rings. The van der Waals surface area contributed by atoms with Gasteiger partial charge in [-0.1, -0.05) is 18.2 Å². The van der Waals surface area contributed by atoms with Gasteiger partial charge in [0.05, 0.1) is 26.9 Å². The second kappa shape index (κ2) is 9.39. The van der Waals surface area contributed by atoms with Crippen LogP contribution in [0.2, 0.25) is 0 Å². The lowest BCUT2D eigenvalue weighted by molar-refractivity contribution is 0.157. The molecule has 0 bridgehead atoms. The summed E-state index contributed by atoms with van der Waals surface area (Å²) in [7, 11) is 1.65. The summed E-state index contributed by atoms with van der Waals surface area (Å²) in [5, 5.41) is 3.33. The van der Waals surface area contributed by atoms with E-state index in [-0.39, 0.29) is 0 Å². The van der Waals surface area contributed by atoms with Crippen molar-refractivity contribution in [3.8, 4) is 11.5 Å². The summed E-state index contributed by atoms with van der Waals surface area (Å²) in [5.41, 5.74) is 2.20. The second-order valence-electron chi connectivity index (χ2n) is 4.60. The van der Waals surface area contributed by atoms with Gasteiger partial charge in [-0.3, -0.25) is 0 Å². The molecule has 0 radical (unpaired) electrons. The van der Waals surface area contributed by atoms with Gasteiger partial charge in [-0.15, -0.1) is 0 Å². The summed E-state index contributed by atoms with van der Waals surface area (Å²) >= 11 is 0. The average Bonchev–Trinajstić information content (AvgIpc) is 2.44. The fourth-order valence-electron chi connectivity index (χ4n) is 1.72. The largest absolute Gasteiger partial charge is 0.493 e. The minimum absolute atomic E-state index is 0.624. The summed E-state index contributed by atoms with van der Waals surface area (Å²) in [6.45, 7) is 11.2. The van der Waals surface area contributed by atoms with Crippen LogP contribution in [0.5, 0.6) is 11.5 Å². The Balaban J connectivity index is 2.35. The van der Waals surface area contributed by atoms with E-state index in [4.69, 9.17) is 14.2 Å². The van der Waals surface area contributed by atoms with E-state index in [0.717, 1.165) is 35.7 Å². The molecule has 0 heterocycles. The molecule has 0 aliphatic carbocycles. The Labute approximate surface area is 121 Å². The zero-order chi connectivity index (χ0) is 14.8. The first-order valence-corrected chi connectivity index (χ1v) is 6.90. The predicted octanol–water partition coefficient (Wildman–Crippen LogP) is 2.78. The van der Waals surface area contributed by atoms with E-state index in [1.54, 1.807) is 7.11 Å². The van der Waals surface area contributed by atoms with Gasteiger partial charge in [0.25, 0.3) is 0 Å². The number of benzene rings is 1. The molecule has 0 fully saturated rings. The lowest BCUT2D eigenvalue weighted by Crippen LogP contribution is -2.19. The van der Waals surface area contributed by atoms with Crippen molar-refractivity contribution in [3.05, 3.63) is 35.9 Å². The molecule has 0 aliphatic rings. The molecule has 20 heavy (non-hydrogen) atoms. The Morgan fingerprint density at radius 2 is 2.10 bits per heavy atom. The lowest BCUT2D eigenvalue weighted by atomic mass is 10.2. The third kappa shape index (κ3) is 6.08. The minimum atomic E-state index is 0.624. The van der Waals surface area contributed by atoms with Crippen LogP contribution in [0, 0.1) is 0 Å². The molecule has 0 spiro atoms. The number of hydrogen-bond acceptors (Lipinski definition) is 4. The van der Waals surface area contributed by atoms with Crippen molar-refractivity contribution < 1.29 is 14.2 Å². The van der Waals surface area contributed by atoms with Crippen molar-refractivity contribution in [1.82, 2.24) is 5.32 Å². The van der Waals surface area contributed by atoms with Crippen molar-refractivity contribution in [2.24, 2.45) is 0 Å². The monoisotopic (exact) mass is 279 g/mol. The first-order chi connectivity index (χ1) is 9.67. The molecule has 0 aliphatic heterocycles. The van der Waals surface area contributed by atoms with Crippen LogP contribution in [0.3, 0.4) is 0 Å². The van der Waals surface area contributed by atoms with Gasteiger partial charge in [0.1, 0.15) is 0 Å². The van der Waals surface area contributed by atoms with Crippen LogP contribution in [-0.4, -0.2) is 33.5 Å². The third-order valence-electron chi connectivity index (χ3n) is 2.63. The Morgan fingerprint density at radius 3 is 2.75 bits per heavy atom. The van der Waals surface area contributed by atoms with Crippen LogP contribution in [0.4, 0.5) is 0 Å². The van der Waals surface area contributed by atoms with E-state index < -0.39 is 0 Å². The smallest absolute Gasteiger partial charge is 0.161 e. The van der Waals surface area contributed by atoms with Crippen LogP contribution < -0.4 is 14.8 Å². The zero-order valence-electron chi connectivity index (χ0n) is 12.7. The first-order valence-electron chi connectivity index (χ1n) is 6.90. The SMILES string of the molecule is C=C(C)COCCNCc1ccc(OCC)c(OC)c1. The molecule has 0 saturated heterocycles. The van der Waals surface area contributed by atoms with Crippen molar-refractivity contribution >= 4 is 0 Å². The van der Waals surface area contributed by atoms with Gasteiger partial charge in [0.2, 0.25) is 0 Å². The van der Waals surface area contributed by atoms with E-state index in [1.807, 2.05) is 32.0 Å². The molecular weight excluding hydrogens is 254 g/mol. The van der Waals surface area contributed by atoms with Gasteiger partial charge in [0, 0.05) is 13.1 Å². The van der Waals surface area contributed by atoms with Gasteiger partial charge in [-0.25, -0.2) is 0 Å². The molecule has 0 atom stereocenters. The standard InChI is InChI=1S/C16H25NO3/c1-5-20-15-7-6-14(10-16(15)18-4)11-17-8-9-19-12-13(2)3/h6-7,10,17H,2,5,8-9,11-12H2,1,3-4H3. The van der Waals surface area contributed by atoms with Crippen LogP contribution in [0.25, 0.3) is 0 Å². The molecule has 0 unspecified atom stereocenters. The third-order valence-corrected chi connectivity index (χ3v) is 2.63. The quantitative estimate of drug-likeness (QED) is 0.528.